The molecule has 1 aliphatic rings. The van der Waals surface area contributed by atoms with Crippen LogP contribution in [0.5, 0.6) is 5.75 Å². The third-order valence-electron chi connectivity index (χ3n) is 4.15. The van der Waals surface area contributed by atoms with Crippen LogP contribution in [0.1, 0.15) is 23.1 Å². The first-order valence-corrected chi connectivity index (χ1v) is 9.28. The van der Waals surface area contributed by atoms with Crippen LogP contribution in [-0.2, 0) is 24.2 Å². The van der Waals surface area contributed by atoms with Crippen LogP contribution in [0.15, 0.2) is 24.3 Å². The zero-order valence-corrected chi connectivity index (χ0v) is 15.7. The lowest BCUT2D eigenvalue weighted by Crippen LogP contribution is -2.43. The molecule has 3 rings (SSSR count). The van der Waals surface area contributed by atoms with E-state index in [2.05, 4.69) is 15.6 Å². The maximum atomic E-state index is 12.4. The minimum Gasteiger partial charge on any atom is -0.497 e. The monoisotopic (exact) mass is 374 g/mol. The van der Waals surface area contributed by atoms with Crippen molar-refractivity contribution in [2.45, 2.75) is 26.3 Å². The number of fused-ring (bicyclic) bond motifs is 1. The summed E-state index contributed by atoms with van der Waals surface area (Å²) in [6.07, 6.45) is 1.47. The minimum atomic E-state index is -0.135. The highest BCUT2D eigenvalue weighted by atomic mass is 32.1. The standard InChI is InChI=1S/C18H22N4O3S/c1-12(23)20-17-21-15-8-10-22(11-16(15)26-17)18(24)19-9-7-13-3-5-14(25-2)6-4-13/h3-6H,7-11H2,1-2H3,(H,19,24)(H,20,21,23). The van der Waals surface area contributed by atoms with Crippen LogP contribution in [0.25, 0.3) is 0 Å². The predicted molar refractivity (Wildman–Crippen MR) is 101 cm³/mol. The van der Waals surface area contributed by atoms with E-state index in [0.717, 1.165) is 28.3 Å². The minimum absolute atomic E-state index is 0.0707. The fraction of sp³-hybridized carbons (Fsp3) is 0.389. The molecular formula is C18H22N4O3S. The van der Waals surface area contributed by atoms with Crippen LogP contribution in [-0.4, -0.2) is 42.0 Å². The lowest BCUT2D eigenvalue weighted by atomic mass is 10.1. The van der Waals surface area contributed by atoms with E-state index in [1.165, 1.54) is 18.3 Å². The normalized spacial score (nSPS) is 13.1. The van der Waals surface area contributed by atoms with Crippen LogP contribution >= 0.6 is 11.3 Å². The fourth-order valence-electron chi connectivity index (χ4n) is 2.79. The number of amides is 3. The van der Waals surface area contributed by atoms with Crippen LogP contribution in [0.3, 0.4) is 0 Å². The summed E-state index contributed by atoms with van der Waals surface area (Å²) in [5.74, 6) is 0.689. The molecule has 138 valence electrons. The van der Waals surface area contributed by atoms with Crippen molar-refractivity contribution in [2.75, 3.05) is 25.5 Å². The molecule has 0 fully saturated rings. The molecule has 0 radical (unpaired) electrons. The van der Waals surface area contributed by atoms with Gasteiger partial charge in [0.05, 0.1) is 19.3 Å². The van der Waals surface area contributed by atoms with Gasteiger partial charge in [-0.1, -0.05) is 23.5 Å². The second kappa shape index (κ2) is 8.18. The van der Waals surface area contributed by atoms with Gasteiger partial charge in [0.2, 0.25) is 5.91 Å². The number of hydrogen-bond acceptors (Lipinski definition) is 5. The van der Waals surface area contributed by atoms with Crippen LogP contribution in [0, 0.1) is 0 Å². The summed E-state index contributed by atoms with van der Waals surface area (Å²) >= 11 is 1.43. The van der Waals surface area contributed by atoms with Gasteiger partial charge in [0.1, 0.15) is 5.75 Å². The molecule has 1 aromatic heterocycles. The van der Waals surface area contributed by atoms with Crippen molar-refractivity contribution in [3.8, 4) is 5.75 Å². The van der Waals surface area contributed by atoms with Crippen molar-refractivity contribution < 1.29 is 14.3 Å². The Balaban J connectivity index is 1.49. The van der Waals surface area contributed by atoms with Gasteiger partial charge < -0.3 is 20.3 Å². The molecule has 0 aliphatic carbocycles. The number of ether oxygens (including phenoxy) is 1. The van der Waals surface area contributed by atoms with Gasteiger partial charge in [-0.15, -0.1) is 0 Å². The van der Waals surface area contributed by atoms with E-state index in [-0.39, 0.29) is 11.9 Å². The Hall–Kier alpha value is -2.61. The van der Waals surface area contributed by atoms with Gasteiger partial charge in [-0.05, 0) is 24.1 Å². The van der Waals surface area contributed by atoms with E-state index in [1.807, 2.05) is 24.3 Å². The van der Waals surface area contributed by atoms with E-state index in [0.29, 0.717) is 31.2 Å². The van der Waals surface area contributed by atoms with Crippen molar-refractivity contribution in [1.82, 2.24) is 15.2 Å². The van der Waals surface area contributed by atoms with Gasteiger partial charge in [0, 0.05) is 31.3 Å². The number of nitrogens with zero attached hydrogens (tertiary/aromatic N) is 2. The van der Waals surface area contributed by atoms with Crippen LogP contribution in [0.2, 0.25) is 0 Å². The quantitative estimate of drug-likeness (QED) is 0.842. The second-order valence-corrected chi connectivity index (χ2v) is 7.16. The maximum Gasteiger partial charge on any atom is 0.317 e. The number of benzene rings is 1. The van der Waals surface area contributed by atoms with E-state index < -0.39 is 0 Å². The molecule has 3 amide bonds. The first-order chi connectivity index (χ1) is 12.5. The number of urea groups is 1. The highest BCUT2D eigenvalue weighted by molar-refractivity contribution is 7.15. The van der Waals surface area contributed by atoms with E-state index in [9.17, 15) is 9.59 Å². The van der Waals surface area contributed by atoms with E-state index in [1.54, 1.807) is 12.0 Å². The van der Waals surface area contributed by atoms with Gasteiger partial charge >= 0.3 is 6.03 Å². The summed E-state index contributed by atoms with van der Waals surface area (Å²) in [6.45, 7) is 3.20. The number of aromatic nitrogens is 1. The number of methoxy groups -OCH3 is 1. The molecule has 2 heterocycles. The topological polar surface area (TPSA) is 83.6 Å². The zero-order chi connectivity index (χ0) is 18.5. The summed E-state index contributed by atoms with van der Waals surface area (Å²) in [7, 11) is 1.64. The third kappa shape index (κ3) is 4.51. The summed E-state index contributed by atoms with van der Waals surface area (Å²) in [5.41, 5.74) is 2.12. The zero-order valence-electron chi connectivity index (χ0n) is 14.9. The Bertz CT molecular complexity index is 788. The third-order valence-corrected chi connectivity index (χ3v) is 5.15. The molecule has 2 N–H and O–H groups in total. The van der Waals surface area contributed by atoms with Gasteiger partial charge in [0.15, 0.2) is 5.13 Å². The molecule has 1 aromatic carbocycles. The van der Waals surface area contributed by atoms with Gasteiger partial charge in [-0.2, -0.15) is 0 Å². The first kappa shape index (κ1) is 18.2. The largest absolute Gasteiger partial charge is 0.497 e. The lowest BCUT2D eigenvalue weighted by Gasteiger charge is -2.26. The van der Waals surface area contributed by atoms with Crippen molar-refractivity contribution in [2.24, 2.45) is 0 Å². The average molecular weight is 374 g/mol. The molecule has 0 saturated carbocycles. The highest BCUT2D eigenvalue weighted by Gasteiger charge is 2.24. The average Bonchev–Trinajstić information content (AvgIpc) is 3.02. The Labute approximate surface area is 156 Å². The van der Waals surface area contributed by atoms with Gasteiger partial charge in [-0.25, -0.2) is 9.78 Å². The number of rotatable bonds is 5. The summed E-state index contributed by atoms with van der Waals surface area (Å²) in [5, 5.41) is 6.28. The molecular weight excluding hydrogens is 352 g/mol. The first-order valence-electron chi connectivity index (χ1n) is 8.47. The fourth-order valence-corrected chi connectivity index (χ4v) is 3.86. The van der Waals surface area contributed by atoms with Crippen molar-refractivity contribution >= 4 is 28.4 Å². The summed E-state index contributed by atoms with van der Waals surface area (Å²) < 4.78 is 5.14. The van der Waals surface area contributed by atoms with Gasteiger partial charge in [-0.3, -0.25) is 4.79 Å². The number of hydrogen-bond donors (Lipinski definition) is 2. The number of carbonyl (C=O) groups is 2. The Morgan fingerprint density at radius 3 is 2.77 bits per heavy atom. The maximum absolute atomic E-state index is 12.4. The molecule has 0 spiro atoms. The molecule has 26 heavy (non-hydrogen) atoms. The lowest BCUT2D eigenvalue weighted by molar-refractivity contribution is -0.114. The Morgan fingerprint density at radius 2 is 2.08 bits per heavy atom. The van der Waals surface area contributed by atoms with Crippen molar-refractivity contribution in [3.63, 3.8) is 0 Å². The number of carbonyl (C=O) groups excluding carboxylic acids is 2. The van der Waals surface area contributed by atoms with Crippen LogP contribution in [0.4, 0.5) is 9.93 Å². The molecule has 1 aliphatic heterocycles. The molecule has 7 nitrogen and oxygen atoms in total. The second-order valence-electron chi connectivity index (χ2n) is 6.07. The summed E-state index contributed by atoms with van der Waals surface area (Å²) in [4.78, 5) is 30.8. The predicted octanol–water partition coefficient (Wildman–Crippen LogP) is 2.42. The number of nitrogens with one attached hydrogen (secondary N) is 2. The van der Waals surface area contributed by atoms with Crippen LogP contribution < -0.4 is 15.4 Å². The van der Waals surface area contributed by atoms with Gasteiger partial charge in [0.25, 0.3) is 0 Å². The molecule has 0 atom stereocenters. The summed E-state index contributed by atoms with van der Waals surface area (Å²) in [6, 6.07) is 7.76. The highest BCUT2D eigenvalue weighted by Crippen LogP contribution is 2.28. The molecule has 0 unspecified atom stereocenters. The van der Waals surface area contributed by atoms with Crippen molar-refractivity contribution in [3.05, 3.63) is 40.4 Å². The smallest absolute Gasteiger partial charge is 0.317 e. The number of anilines is 1. The number of thiazole rings is 1. The molecule has 8 heteroatoms. The molecule has 0 bridgehead atoms. The molecule has 2 aromatic rings. The Kier molecular flexibility index (Phi) is 5.72. The van der Waals surface area contributed by atoms with E-state index in [4.69, 9.17) is 4.74 Å². The van der Waals surface area contributed by atoms with Crippen molar-refractivity contribution in [1.29, 1.82) is 0 Å². The van der Waals surface area contributed by atoms with E-state index >= 15 is 0 Å². The molecule has 0 saturated heterocycles. The Morgan fingerprint density at radius 1 is 1.31 bits per heavy atom. The SMILES string of the molecule is COc1ccc(CCNC(=O)N2CCc3nc(NC(C)=O)sc3C2)cc1.